The summed E-state index contributed by atoms with van der Waals surface area (Å²) in [6.07, 6.45) is 3.97. The third-order valence-corrected chi connectivity index (χ3v) is 4.43. The van der Waals surface area contributed by atoms with Gasteiger partial charge in [0.2, 0.25) is 11.8 Å². The molecule has 2 aromatic rings. The van der Waals surface area contributed by atoms with Crippen molar-refractivity contribution in [3.8, 4) is 0 Å². The Kier molecular flexibility index (Phi) is 5.16. The van der Waals surface area contributed by atoms with E-state index >= 15 is 0 Å². The van der Waals surface area contributed by atoms with E-state index in [1.54, 1.807) is 0 Å². The number of nitrogens with zero attached hydrogens (tertiary/aromatic N) is 2. The fourth-order valence-electron chi connectivity index (χ4n) is 2.94. The topological polar surface area (TPSA) is 72.6 Å². The molecule has 1 atom stereocenters. The van der Waals surface area contributed by atoms with Crippen LogP contribution in [-0.4, -0.2) is 34.9 Å². The van der Waals surface area contributed by atoms with Crippen molar-refractivity contribution in [1.29, 1.82) is 0 Å². The molecule has 6 nitrogen and oxygen atoms in total. The van der Waals surface area contributed by atoms with Crippen molar-refractivity contribution >= 4 is 11.9 Å². The van der Waals surface area contributed by atoms with Gasteiger partial charge in [-0.15, -0.1) is 0 Å². The van der Waals surface area contributed by atoms with Crippen LogP contribution in [0.25, 0.3) is 0 Å². The minimum atomic E-state index is -0.546. The number of amides is 1. The van der Waals surface area contributed by atoms with E-state index in [1.165, 1.54) is 13.4 Å². The van der Waals surface area contributed by atoms with Gasteiger partial charge in [0.25, 0.3) is 0 Å². The molecular formula is C19H22N2O4. The fraction of sp³-hybridized carbons (Fsp3) is 0.421. The Labute approximate surface area is 146 Å². The van der Waals surface area contributed by atoms with Gasteiger partial charge < -0.3 is 14.1 Å². The molecular weight excluding hydrogens is 320 g/mol. The van der Waals surface area contributed by atoms with Gasteiger partial charge in [0.05, 0.1) is 19.6 Å². The fourth-order valence-corrected chi connectivity index (χ4v) is 2.94. The number of hydrogen-bond donors (Lipinski definition) is 0. The largest absolute Gasteiger partial charge is 0.464 e. The number of oxazole rings is 1. The molecule has 6 heteroatoms. The van der Waals surface area contributed by atoms with Crippen molar-refractivity contribution in [3.63, 3.8) is 0 Å². The number of methoxy groups -OCH3 is 1. The number of carbonyl (C=O) groups excluding carboxylic acids is 2. The number of carbonyl (C=O) groups is 2. The minimum absolute atomic E-state index is 0.0778. The van der Waals surface area contributed by atoms with Gasteiger partial charge in [0.1, 0.15) is 6.26 Å². The summed E-state index contributed by atoms with van der Waals surface area (Å²) >= 11 is 0. The van der Waals surface area contributed by atoms with Crippen LogP contribution in [0.5, 0.6) is 0 Å². The van der Waals surface area contributed by atoms with Crippen LogP contribution in [0.1, 0.15) is 54.0 Å². The molecule has 1 unspecified atom stereocenters. The van der Waals surface area contributed by atoms with E-state index < -0.39 is 5.97 Å². The highest BCUT2D eigenvalue weighted by Gasteiger charge is 2.36. The second kappa shape index (κ2) is 7.51. The molecule has 1 amide bonds. The molecule has 132 valence electrons. The van der Waals surface area contributed by atoms with Gasteiger partial charge in [0, 0.05) is 6.04 Å². The lowest BCUT2D eigenvalue weighted by molar-refractivity contribution is -0.134. The Morgan fingerprint density at radius 1 is 1.32 bits per heavy atom. The van der Waals surface area contributed by atoms with Crippen molar-refractivity contribution in [2.45, 2.75) is 44.7 Å². The number of hydrogen-bond acceptors (Lipinski definition) is 5. The van der Waals surface area contributed by atoms with Gasteiger partial charge in [-0.05, 0) is 24.8 Å². The maximum atomic E-state index is 13.1. The minimum Gasteiger partial charge on any atom is -0.464 e. The maximum absolute atomic E-state index is 13.1. The zero-order chi connectivity index (χ0) is 17.8. The van der Waals surface area contributed by atoms with Crippen molar-refractivity contribution in [2.24, 2.45) is 0 Å². The Bertz CT molecular complexity index is 737. The molecule has 1 fully saturated rings. The monoisotopic (exact) mass is 342 g/mol. The van der Waals surface area contributed by atoms with Crippen LogP contribution in [-0.2, 0) is 16.1 Å². The van der Waals surface area contributed by atoms with E-state index in [2.05, 4.69) is 9.72 Å². The summed E-state index contributed by atoms with van der Waals surface area (Å²) in [4.78, 5) is 30.6. The molecule has 1 heterocycles. The molecule has 1 saturated carbocycles. The predicted octanol–water partition coefficient (Wildman–Crippen LogP) is 3.15. The number of benzene rings is 1. The van der Waals surface area contributed by atoms with Gasteiger partial charge in [-0.2, -0.15) is 0 Å². The second-order valence-corrected chi connectivity index (χ2v) is 6.19. The molecule has 0 N–H and O–H groups in total. The predicted molar refractivity (Wildman–Crippen MR) is 90.9 cm³/mol. The van der Waals surface area contributed by atoms with Crippen LogP contribution >= 0.6 is 0 Å². The van der Waals surface area contributed by atoms with E-state index in [-0.39, 0.29) is 30.1 Å². The lowest BCUT2D eigenvalue weighted by atomic mass is 9.95. The van der Waals surface area contributed by atoms with Crippen LogP contribution in [0.2, 0.25) is 0 Å². The zero-order valence-corrected chi connectivity index (χ0v) is 14.5. The Morgan fingerprint density at radius 3 is 2.64 bits per heavy atom. The average Bonchev–Trinajstić information content (AvgIpc) is 3.38. The molecule has 1 aromatic heterocycles. The van der Waals surface area contributed by atoms with Gasteiger partial charge in [0.15, 0.2) is 5.69 Å². The Hall–Kier alpha value is -2.63. The highest BCUT2D eigenvalue weighted by atomic mass is 16.5. The Balaban J connectivity index is 1.77. The van der Waals surface area contributed by atoms with E-state index in [1.807, 2.05) is 42.2 Å². The molecule has 1 aliphatic carbocycles. The highest BCUT2D eigenvalue weighted by molar-refractivity contribution is 5.86. The number of aromatic nitrogens is 1. The van der Waals surface area contributed by atoms with Gasteiger partial charge in [-0.3, -0.25) is 4.79 Å². The van der Waals surface area contributed by atoms with Crippen molar-refractivity contribution in [3.05, 3.63) is 53.7 Å². The summed E-state index contributed by atoms with van der Waals surface area (Å²) in [6.45, 7) is 2.28. The molecule has 1 aliphatic rings. The first-order chi connectivity index (χ1) is 12.1. The number of esters is 1. The van der Waals surface area contributed by atoms with Crippen LogP contribution in [0.4, 0.5) is 0 Å². The summed E-state index contributed by atoms with van der Waals surface area (Å²) < 4.78 is 9.99. The smallest absolute Gasteiger partial charge is 0.360 e. The molecule has 3 rings (SSSR count). The van der Waals surface area contributed by atoms with Gasteiger partial charge >= 0.3 is 5.97 Å². The molecule has 0 spiro atoms. The normalized spacial score (nSPS) is 14.8. The Morgan fingerprint density at radius 2 is 2.04 bits per heavy atom. The van der Waals surface area contributed by atoms with Crippen molar-refractivity contribution in [2.75, 3.05) is 7.11 Å². The van der Waals surface area contributed by atoms with Crippen LogP contribution < -0.4 is 0 Å². The molecule has 0 saturated heterocycles. The van der Waals surface area contributed by atoms with E-state index in [0.29, 0.717) is 5.89 Å². The summed E-state index contributed by atoms with van der Waals surface area (Å²) in [7, 11) is 1.29. The maximum Gasteiger partial charge on any atom is 0.360 e. The zero-order valence-electron chi connectivity index (χ0n) is 14.5. The van der Waals surface area contributed by atoms with Crippen LogP contribution in [0.15, 0.2) is 41.0 Å². The molecule has 0 bridgehead atoms. The first-order valence-electron chi connectivity index (χ1n) is 8.52. The van der Waals surface area contributed by atoms with E-state index in [9.17, 15) is 9.59 Å². The molecule has 1 aromatic carbocycles. The number of ether oxygens (including phenoxy) is 1. The number of rotatable bonds is 7. The SMILES string of the molecule is CCC(C(=O)N(Cc1nc(C(=O)OC)co1)C1CC1)c1ccccc1. The van der Waals surface area contributed by atoms with Crippen molar-refractivity contribution < 1.29 is 18.7 Å². The second-order valence-electron chi connectivity index (χ2n) is 6.19. The quantitative estimate of drug-likeness (QED) is 0.723. The average molecular weight is 342 g/mol. The third kappa shape index (κ3) is 3.90. The first-order valence-corrected chi connectivity index (χ1v) is 8.52. The lowest BCUT2D eigenvalue weighted by Crippen LogP contribution is -2.36. The van der Waals surface area contributed by atoms with Crippen molar-refractivity contribution in [1.82, 2.24) is 9.88 Å². The van der Waals surface area contributed by atoms with E-state index in [4.69, 9.17) is 4.42 Å². The first kappa shape index (κ1) is 17.2. The summed E-state index contributed by atoms with van der Waals surface area (Å²) in [5.41, 5.74) is 1.14. The highest BCUT2D eigenvalue weighted by Crippen LogP contribution is 2.32. The standard InChI is InChI=1S/C19H22N2O4/c1-3-15(13-7-5-4-6-8-13)18(22)21(14-9-10-14)11-17-20-16(12-25-17)19(23)24-2/h4-8,12,14-15H,3,9-11H2,1-2H3. The van der Waals surface area contributed by atoms with E-state index in [0.717, 1.165) is 24.8 Å². The van der Waals surface area contributed by atoms with Crippen LogP contribution in [0.3, 0.4) is 0 Å². The molecule has 0 radical (unpaired) electrons. The van der Waals surface area contributed by atoms with Crippen LogP contribution in [0, 0.1) is 0 Å². The summed E-state index contributed by atoms with van der Waals surface area (Å²) in [5.74, 6) is -0.301. The summed E-state index contributed by atoms with van der Waals surface area (Å²) in [6, 6.07) is 10.0. The lowest BCUT2D eigenvalue weighted by Gasteiger charge is -2.26. The van der Waals surface area contributed by atoms with Gasteiger partial charge in [-0.25, -0.2) is 9.78 Å². The summed E-state index contributed by atoms with van der Waals surface area (Å²) in [5, 5.41) is 0. The van der Waals surface area contributed by atoms with Gasteiger partial charge in [-0.1, -0.05) is 37.3 Å². The molecule has 25 heavy (non-hydrogen) atoms. The third-order valence-electron chi connectivity index (χ3n) is 4.43. The molecule has 0 aliphatic heterocycles.